The molecule has 0 bridgehead atoms. The van der Waals surface area contributed by atoms with Crippen molar-refractivity contribution in [1.82, 2.24) is 15.1 Å². The smallest absolute Gasteiger partial charge is 0.0277 e. The van der Waals surface area contributed by atoms with Crippen LogP contribution in [0.15, 0.2) is 0 Å². The largest absolute Gasteiger partial charge is 0.314 e. The Morgan fingerprint density at radius 3 is 2.62 bits per heavy atom. The Hall–Kier alpha value is -0.120. The maximum absolute atomic E-state index is 3.55. The minimum absolute atomic E-state index is 0.341. The lowest BCUT2D eigenvalue weighted by atomic mass is 9.96. The Morgan fingerprint density at radius 1 is 1.31 bits per heavy atom. The third-order valence-electron chi connectivity index (χ3n) is 4.58. The molecule has 0 aromatic carbocycles. The van der Waals surface area contributed by atoms with E-state index in [1.807, 2.05) is 0 Å². The summed E-state index contributed by atoms with van der Waals surface area (Å²) in [6.07, 6.45) is 1.36. The second-order valence-electron chi connectivity index (χ2n) is 6.26. The molecule has 2 saturated heterocycles. The summed E-state index contributed by atoms with van der Waals surface area (Å²) in [7, 11) is 2.25. The van der Waals surface area contributed by atoms with Crippen LogP contribution in [0.5, 0.6) is 0 Å². The van der Waals surface area contributed by atoms with Gasteiger partial charge in [0.1, 0.15) is 0 Å². The third-order valence-corrected chi connectivity index (χ3v) is 4.58. The lowest BCUT2D eigenvalue weighted by Gasteiger charge is -2.46. The van der Waals surface area contributed by atoms with Gasteiger partial charge in [0.15, 0.2) is 0 Å². The van der Waals surface area contributed by atoms with E-state index in [0.29, 0.717) is 11.6 Å². The first-order valence-corrected chi connectivity index (χ1v) is 6.66. The normalized spacial score (nSPS) is 36.8. The zero-order valence-electron chi connectivity index (χ0n) is 11.3. The molecule has 0 radical (unpaired) electrons. The predicted molar refractivity (Wildman–Crippen MR) is 68.7 cm³/mol. The van der Waals surface area contributed by atoms with Crippen LogP contribution in [0.2, 0.25) is 0 Å². The van der Waals surface area contributed by atoms with E-state index in [1.165, 1.54) is 39.1 Å². The fourth-order valence-electron chi connectivity index (χ4n) is 2.99. The molecule has 0 spiro atoms. The molecule has 0 saturated carbocycles. The van der Waals surface area contributed by atoms with Gasteiger partial charge in [0.25, 0.3) is 0 Å². The summed E-state index contributed by atoms with van der Waals surface area (Å²) in [4.78, 5) is 5.15. The molecule has 2 atom stereocenters. The number of nitrogens with zero attached hydrogens (tertiary/aromatic N) is 2. The molecule has 2 fully saturated rings. The zero-order valence-corrected chi connectivity index (χ0v) is 11.3. The molecule has 2 aliphatic heterocycles. The lowest BCUT2D eigenvalue weighted by Crippen LogP contribution is -2.58. The fraction of sp³-hybridized carbons (Fsp3) is 1.00. The van der Waals surface area contributed by atoms with Crippen molar-refractivity contribution in [2.45, 2.75) is 38.8 Å². The van der Waals surface area contributed by atoms with E-state index in [1.54, 1.807) is 0 Å². The van der Waals surface area contributed by atoms with Crippen LogP contribution in [0.3, 0.4) is 0 Å². The second-order valence-corrected chi connectivity index (χ2v) is 6.26. The van der Waals surface area contributed by atoms with Crippen LogP contribution in [0.4, 0.5) is 0 Å². The molecule has 2 aliphatic rings. The van der Waals surface area contributed by atoms with E-state index in [9.17, 15) is 0 Å². The molecule has 1 N–H and O–H groups in total. The van der Waals surface area contributed by atoms with Gasteiger partial charge in [-0.2, -0.15) is 0 Å². The Labute approximate surface area is 100 Å². The van der Waals surface area contributed by atoms with Crippen molar-refractivity contribution in [3.63, 3.8) is 0 Å². The highest BCUT2D eigenvalue weighted by molar-refractivity contribution is 4.91. The quantitative estimate of drug-likeness (QED) is 0.757. The highest BCUT2D eigenvalue weighted by Crippen LogP contribution is 2.22. The number of piperazine rings is 1. The van der Waals surface area contributed by atoms with Gasteiger partial charge in [0, 0.05) is 37.8 Å². The van der Waals surface area contributed by atoms with Crippen LogP contribution in [-0.2, 0) is 0 Å². The van der Waals surface area contributed by atoms with Crippen molar-refractivity contribution in [2.75, 3.05) is 39.8 Å². The van der Waals surface area contributed by atoms with Crippen LogP contribution < -0.4 is 5.32 Å². The van der Waals surface area contributed by atoms with Gasteiger partial charge in [0.05, 0.1) is 0 Å². The molecule has 94 valence electrons. The standard InChI is InChI=1S/C13H27N3/c1-11-12(5-6-14-11)9-16-8-7-15(4)13(2,3)10-16/h11-12,14H,5-10H2,1-4H3. The van der Waals surface area contributed by atoms with Crippen molar-refractivity contribution < 1.29 is 0 Å². The van der Waals surface area contributed by atoms with E-state index < -0.39 is 0 Å². The fourth-order valence-corrected chi connectivity index (χ4v) is 2.99. The molecule has 0 aromatic rings. The first-order chi connectivity index (χ1) is 7.49. The summed E-state index contributed by atoms with van der Waals surface area (Å²) in [6.45, 7) is 13.2. The molecular formula is C13H27N3. The van der Waals surface area contributed by atoms with Gasteiger partial charge in [-0.3, -0.25) is 9.80 Å². The van der Waals surface area contributed by atoms with E-state index in [2.05, 4.69) is 42.9 Å². The number of hydrogen-bond acceptors (Lipinski definition) is 3. The average molecular weight is 225 g/mol. The van der Waals surface area contributed by atoms with Crippen molar-refractivity contribution in [3.05, 3.63) is 0 Å². The summed E-state index contributed by atoms with van der Waals surface area (Å²) >= 11 is 0. The minimum Gasteiger partial charge on any atom is -0.314 e. The van der Waals surface area contributed by atoms with Crippen LogP contribution >= 0.6 is 0 Å². The molecule has 3 heteroatoms. The Bertz CT molecular complexity index is 239. The van der Waals surface area contributed by atoms with Gasteiger partial charge in [-0.15, -0.1) is 0 Å². The minimum atomic E-state index is 0.341. The van der Waals surface area contributed by atoms with Crippen LogP contribution in [0.1, 0.15) is 27.2 Å². The Balaban J connectivity index is 1.87. The molecule has 2 rings (SSSR count). The van der Waals surface area contributed by atoms with E-state index >= 15 is 0 Å². The molecule has 16 heavy (non-hydrogen) atoms. The average Bonchev–Trinajstić information content (AvgIpc) is 2.58. The molecule has 0 amide bonds. The summed E-state index contributed by atoms with van der Waals surface area (Å²) in [5.74, 6) is 0.860. The lowest BCUT2D eigenvalue weighted by molar-refractivity contribution is 0.0315. The molecule has 2 unspecified atom stereocenters. The molecular weight excluding hydrogens is 198 g/mol. The molecule has 0 aromatic heterocycles. The predicted octanol–water partition coefficient (Wildman–Crippen LogP) is 1.01. The maximum Gasteiger partial charge on any atom is 0.0277 e. The second kappa shape index (κ2) is 4.63. The first kappa shape index (κ1) is 12.3. The summed E-state index contributed by atoms with van der Waals surface area (Å²) in [6, 6.07) is 0.711. The van der Waals surface area contributed by atoms with Gasteiger partial charge >= 0.3 is 0 Å². The van der Waals surface area contributed by atoms with Crippen molar-refractivity contribution in [3.8, 4) is 0 Å². The zero-order chi connectivity index (χ0) is 11.8. The number of nitrogens with one attached hydrogen (secondary N) is 1. The number of rotatable bonds is 2. The van der Waals surface area contributed by atoms with Crippen molar-refractivity contribution in [1.29, 1.82) is 0 Å². The van der Waals surface area contributed by atoms with Crippen LogP contribution in [0, 0.1) is 5.92 Å². The highest BCUT2D eigenvalue weighted by atomic mass is 15.3. The van der Waals surface area contributed by atoms with Crippen LogP contribution in [0.25, 0.3) is 0 Å². The summed E-state index contributed by atoms with van der Waals surface area (Å²) < 4.78 is 0. The first-order valence-electron chi connectivity index (χ1n) is 6.66. The topological polar surface area (TPSA) is 18.5 Å². The summed E-state index contributed by atoms with van der Waals surface area (Å²) in [5.41, 5.74) is 0.341. The van der Waals surface area contributed by atoms with Gasteiger partial charge in [-0.1, -0.05) is 0 Å². The molecule has 2 heterocycles. The number of likely N-dealkylation sites (N-methyl/N-ethyl adjacent to an activating group) is 1. The van der Waals surface area contributed by atoms with Crippen molar-refractivity contribution in [2.24, 2.45) is 5.92 Å². The van der Waals surface area contributed by atoms with Gasteiger partial charge < -0.3 is 5.32 Å². The van der Waals surface area contributed by atoms with E-state index in [4.69, 9.17) is 0 Å². The monoisotopic (exact) mass is 225 g/mol. The molecule has 0 aliphatic carbocycles. The Morgan fingerprint density at radius 2 is 2.06 bits per heavy atom. The third kappa shape index (κ3) is 2.58. The van der Waals surface area contributed by atoms with E-state index in [-0.39, 0.29) is 0 Å². The van der Waals surface area contributed by atoms with E-state index in [0.717, 1.165) is 5.92 Å². The number of hydrogen-bond donors (Lipinski definition) is 1. The van der Waals surface area contributed by atoms with Crippen LogP contribution in [-0.4, -0.2) is 61.2 Å². The summed E-state index contributed by atoms with van der Waals surface area (Å²) in [5, 5.41) is 3.55. The SMILES string of the molecule is CC1NCCC1CN1CCN(C)C(C)(C)C1. The Kier molecular flexibility index (Phi) is 3.57. The van der Waals surface area contributed by atoms with Gasteiger partial charge in [-0.25, -0.2) is 0 Å². The van der Waals surface area contributed by atoms with Crippen molar-refractivity contribution >= 4 is 0 Å². The van der Waals surface area contributed by atoms with Gasteiger partial charge in [-0.05, 0) is 46.7 Å². The molecule has 3 nitrogen and oxygen atoms in total. The van der Waals surface area contributed by atoms with Gasteiger partial charge in [0.2, 0.25) is 0 Å². The highest BCUT2D eigenvalue weighted by Gasteiger charge is 2.33. The maximum atomic E-state index is 3.55.